The van der Waals surface area contributed by atoms with E-state index in [1.54, 1.807) is 30.0 Å². The molecule has 0 saturated carbocycles. The number of esters is 1. The number of rotatable bonds is 9. The summed E-state index contributed by atoms with van der Waals surface area (Å²) in [7, 11) is 3.04. The predicted molar refractivity (Wildman–Crippen MR) is 110 cm³/mol. The van der Waals surface area contributed by atoms with Gasteiger partial charge in [-0.25, -0.2) is 0 Å². The Balaban J connectivity index is 1.76. The van der Waals surface area contributed by atoms with Crippen LogP contribution in [0.15, 0.2) is 41.3 Å². The lowest BCUT2D eigenvalue weighted by molar-refractivity contribution is -0.146. The molecule has 0 spiro atoms. The molecule has 7 heteroatoms. The normalized spacial score (nSPS) is 10.3. The van der Waals surface area contributed by atoms with Crippen molar-refractivity contribution in [3.05, 3.63) is 47.5 Å². The van der Waals surface area contributed by atoms with Crippen LogP contribution >= 0.6 is 11.8 Å². The summed E-state index contributed by atoms with van der Waals surface area (Å²) in [5.74, 6) is 0.805. The van der Waals surface area contributed by atoms with Gasteiger partial charge in [0, 0.05) is 16.7 Å². The fourth-order valence-corrected chi connectivity index (χ4v) is 3.30. The van der Waals surface area contributed by atoms with Crippen molar-refractivity contribution < 1.29 is 23.8 Å². The van der Waals surface area contributed by atoms with Crippen molar-refractivity contribution in [3.63, 3.8) is 0 Å². The highest BCUT2D eigenvalue weighted by atomic mass is 32.2. The smallest absolute Gasteiger partial charge is 0.307 e. The van der Waals surface area contributed by atoms with Crippen molar-refractivity contribution >= 4 is 29.3 Å². The first kappa shape index (κ1) is 21.6. The Morgan fingerprint density at radius 3 is 2.46 bits per heavy atom. The zero-order valence-corrected chi connectivity index (χ0v) is 17.4. The molecule has 28 heavy (non-hydrogen) atoms. The number of hydrogen-bond donors (Lipinski definition) is 1. The first-order valence-electron chi connectivity index (χ1n) is 8.80. The quantitative estimate of drug-likeness (QED) is 0.504. The summed E-state index contributed by atoms with van der Waals surface area (Å²) >= 11 is 1.59. The number of carbonyl (C=O) groups is 2. The Morgan fingerprint density at radius 1 is 1.00 bits per heavy atom. The lowest BCUT2D eigenvalue weighted by atomic mass is 10.1. The zero-order valence-electron chi connectivity index (χ0n) is 16.5. The van der Waals surface area contributed by atoms with Gasteiger partial charge in [-0.3, -0.25) is 9.59 Å². The second-order valence-electron chi connectivity index (χ2n) is 6.12. The highest BCUT2D eigenvalue weighted by Gasteiger charge is 2.12. The van der Waals surface area contributed by atoms with Crippen LogP contribution in [0.1, 0.15) is 17.5 Å². The first-order valence-corrected chi connectivity index (χ1v) is 9.79. The van der Waals surface area contributed by atoms with Crippen LogP contribution in [-0.4, -0.2) is 38.5 Å². The van der Waals surface area contributed by atoms with Crippen molar-refractivity contribution in [1.82, 2.24) is 0 Å². The highest BCUT2D eigenvalue weighted by Crippen LogP contribution is 2.28. The van der Waals surface area contributed by atoms with Gasteiger partial charge in [0.15, 0.2) is 6.61 Å². The van der Waals surface area contributed by atoms with Crippen LogP contribution in [0.4, 0.5) is 5.69 Å². The van der Waals surface area contributed by atoms with Gasteiger partial charge in [0.05, 0.1) is 26.3 Å². The molecule has 0 bridgehead atoms. The second-order valence-corrected chi connectivity index (χ2v) is 7.29. The van der Waals surface area contributed by atoms with Crippen molar-refractivity contribution in [2.24, 2.45) is 0 Å². The number of aryl methyl sites for hydroxylation is 2. The average Bonchev–Trinajstić information content (AvgIpc) is 2.69. The SMILES string of the molecule is COc1ccc(OC)c(NC(=O)COC(=O)CCSc2ccc(C)c(C)c2)c1. The van der Waals surface area contributed by atoms with Crippen LogP contribution < -0.4 is 14.8 Å². The fraction of sp³-hybridized carbons (Fsp3) is 0.333. The number of hydrogen-bond acceptors (Lipinski definition) is 6. The van der Waals surface area contributed by atoms with Gasteiger partial charge in [-0.15, -0.1) is 11.8 Å². The van der Waals surface area contributed by atoms with E-state index >= 15 is 0 Å². The number of anilines is 1. The maximum Gasteiger partial charge on any atom is 0.307 e. The van der Waals surface area contributed by atoms with E-state index in [1.807, 2.05) is 6.07 Å². The Hall–Kier alpha value is -2.67. The summed E-state index contributed by atoms with van der Waals surface area (Å²) in [4.78, 5) is 25.0. The van der Waals surface area contributed by atoms with Crippen LogP contribution in [0.3, 0.4) is 0 Å². The fourth-order valence-electron chi connectivity index (χ4n) is 2.37. The molecule has 1 amide bonds. The van der Waals surface area contributed by atoms with E-state index < -0.39 is 11.9 Å². The number of nitrogens with one attached hydrogen (secondary N) is 1. The summed E-state index contributed by atoms with van der Waals surface area (Å²) in [6.07, 6.45) is 0.230. The molecule has 2 rings (SSSR count). The molecular formula is C21H25NO5S. The van der Waals surface area contributed by atoms with E-state index in [9.17, 15) is 9.59 Å². The van der Waals surface area contributed by atoms with Crippen molar-refractivity contribution in [1.29, 1.82) is 0 Å². The van der Waals surface area contributed by atoms with Gasteiger partial charge in [-0.2, -0.15) is 0 Å². The molecule has 0 saturated heterocycles. The summed E-state index contributed by atoms with van der Waals surface area (Å²) in [6.45, 7) is 3.77. The lowest BCUT2D eigenvalue weighted by Crippen LogP contribution is -2.21. The minimum atomic E-state index is -0.443. The van der Waals surface area contributed by atoms with E-state index in [-0.39, 0.29) is 13.0 Å². The van der Waals surface area contributed by atoms with E-state index in [4.69, 9.17) is 14.2 Å². The molecule has 0 aliphatic carbocycles. The maximum atomic E-state index is 12.1. The van der Waals surface area contributed by atoms with Crippen molar-refractivity contribution in [2.45, 2.75) is 25.2 Å². The number of methoxy groups -OCH3 is 2. The Morgan fingerprint density at radius 2 is 1.79 bits per heavy atom. The van der Waals surface area contributed by atoms with Gasteiger partial charge in [0.2, 0.25) is 0 Å². The first-order chi connectivity index (χ1) is 13.4. The van der Waals surface area contributed by atoms with Crippen LogP contribution in [-0.2, 0) is 14.3 Å². The van der Waals surface area contributed by atoms with Gasteiger partial charge in [-0.05, 0) is 49.2 Å². The molecular weight excluding hydrogens is 378 g/mol. The molecule has 1 N–H and O–H groups in total. The van der Waals surface area contributed by atoms with Crippen LogP contribution in [0.25, 0.3) is 0 Å². The maximum absolute atomic E-state index is 12.1. The number of thioether (sulfide) groups is 1. The third kappa shape index (κ3) is 6.49. The topological polar surface area (TPSA) is 73.9 Å². The van der Waals surface area contributed by atoms with Gasteiger partial charge < -0.3 is 19.5 Å². The van der Waals surface area contributed by atoms with Gasteiger partial charge in [-0.1, -0.05) is 6.07 Å². The standard InChI is InChI=1S/C21H25NO5S/c1-14-5-7-17(11-15(14)2)28-10-9-21(24)27-13-20(23)22-18-12-16(25-3)6-8-19(18)26-4/h5-8,11-12H,9-10,13H2,1-4H3,(H,22,23). The average molecular weight is 404 g/mol. The van der Waals surface area contributed by atoms with Gasteiger partial charge in [0.25, 0.3) is 5.91 Å². The molecule has 0 aliphatic heterocycles. The van der Waals surface area contributed by atoms with Gasteiger partial charge >= 0.3 is 5.97 Å². The molecule has 2 aromatic carbocycles. The molecule has 0 atom stereocenters. The Bertz CT molecular complexity index is 838. The van der Waals surface area contributed by atoms with Crippen LogP contribution in [0.2, 0.25) is 0 Å². The highest BCUT2D eigenvalue weighted by molar-refractivity contribution is 7.99. The third-order valence-electron chi connectivity index (χ3n) is 4.10. The summed E-state index contributed by atoms with van der Waals surface area (Å²) in [5.41, 5.74) is 2.91. The second kappa shape index (κ2) is 10.6. The van der Waals surface area contributed by atoms with E-state index in [0.717, 1.165) is 4.90 Å². The minimum absolute atomic E-state index is 0.230. The molecule has 0 heterocycles. The van der Waals surface area contributed by atoms with Gasteiger partial charge in [0.1, 0.15) is 11.5 Å². The molecule has 0 aromatic heterocycles. The summed E-state index contributed by atoms with van der Waals surface area (Å²) in [5, 5.41) is 2.66. The zero-order chi connectivity index (χ0) is 20.5. The van der Waals surface area contributed by atoms with E-state index in [1.165, 1.54) is 25.3 Å². The lowest BCUT2D eigenvalue weighted by Gasteiger charge is -2.12. The molecule has 0 radical (unpaired) electrons. The molecule has 6 nitrogen and oxygen atoms in total. The molecule has 0 aliphatic rings. The largest absolute Gasteiger partial charge is 0.497 e. The monoisotopic (exact) mass is 403 g/mol. The van der Waals surface area contributed by atoms with Crippen LogP contribution in [0.5, 0.6) is 11.5 Å². The number of benzene rings is 2. The molecule has 2 aromatic rings. The third-order valence-corrected chi connectivity index (χ3v) is 5.09. The van der Waals surface area contributed by atoms with Crippen molar-refractivity contribution in [3.8, 4) is 11.5 Å². The molecule has 0 unspecified atom stereocenters. The van der Waals surface area contributed by atoms with Crippen molar-refractivity contribution in [2.75, 3.05) is 31.9 Å². The van der Waals surface area contributed by atoms with Crippen LogP contribution in [0, 0.1) is 13.8 Å². The molecule has 150 valence electrons. The minimum Gasteiger partial charge on any atom is -0.497 e. The summed E-state index contributed by atoms with van der Waals surface area (Å²) in [6, 6.07) is 11.2. The predicted octanol–water partition coefficient (Wildman–Crippen LogP) is 3.98. The number of amides is 1. The van der Waals surface area contributed by atoms with E-state index in [2.05, 4.69) is 31.3 Å². The Labute approximate surface area is 169 Å². The number of carbonyl (C=O) groups excluding carboxylic acids is 2. The number of ether oxygens (including phenoxy) is 3. The Kier molecular flexibility index (Phi) is 8.19. The molecule has 0 fully saturated rings. The summed E-state index contributed by atoms with van der Waals surface area (Å²) < 4.78 is 15.4. The van der Waals surface area contributed by atoms with E-state index in [0.29, 0.717) is 22.9 Å².